The number of piperidine rings is 1. The van der Waals surface area contributed by atoms with Crippen LogP contribution in [0.15, 0.2) is 34.5 Å². The molecule has 1 aliphatic heterocycles. The Balaban J connectivity index is 1.41. The van der Waals surface area contributed by atoms with Gasteiger partial charge in [0.25, 0.3) is 0 Å². The number of benzene rings is 1. The monoisotopic (exact) mass is 498 g/mol. The first-order valence-corrected chi connectivity index (χ1v) is 12.4. The molecule has 11 heteroatoms. The average Bonchev–Trinajstić information content (AvgIpc) is 3.12. The lowest BCUT2D eigenvalue weighted by Crippen LogP contribution is -2.44. The van der Waals surface area contributed by atoms with Crippen molar-refractivity contribution in [2.45, 2.75) is 29.3 Å². The third kappa shape index (κ3) is 6.70. The highest BCUT2D eigenvalue weighted by atomic mass is 35.5. The van der Waals surface area contributed by atoms with Gasteiger partial charge in [-0.15, -0.1) is 11.3 Å². The van der Waals surface area contributed by atoms with Crippen molar-refractivity contribution in [2.75, 3.05) is 26.2 Å². The minimum atomic E-state index is -3.66. The van der Waals surface area contributed by atoms with Crippen molar-refractivity contribution in [1.82, 2.24) is 9.62 Å². The molecule has 1 atom stereocenters. The summed E-state index contributed by atoms with van der Waals surface area (Å²) in [5.74, 6) is 0.681. The first kappa shape index (κ1) is 23.1. The number of thiophene rings is 1. The minimum Gasteiger partial charge on any atom is -0.490 e. The van der Waals surface area contributed by atoms with Crippen molar-refractivity contribution in [1.29, 1.82) is 0 Å². The van der Waals surface area contributed by atoms with Crippen molar-refractivity contribution in [3.8, 4) is 5.75 Å². The highest BCUT2D eigenvalue weighted by Crippen LogP contribution is 2.28. The van der Waals surface area contributed by atoms with Gasteiger partial charge in [-0.1, -0.05) is 34.8 Å². The Kier molecular flexibility index (Phi) is 8.08. The molecule has 2 aromatic rings. The molecule has 0 aliphatic carbocycles. The Labute approximate surface area is 189 Å². The Hall–Kier alpha value is -0.580. The zero-order valence-corrected chi connectivity index (χ0v) is 19.3. The number of halogens is 3. The lowest BCUT2D eigenvalue weighted by molar-refractivity contribution is 0.0630. The number of hydrogen-bond donors (Lipinski definition) is 2. The molecule has 3 rings (SSSR count). The van der Waals surface area contributed by atoms with E-state index < -0.39 is 16.1 Å². The summed E-state index contributed by atoms with van der Waals surface area (Å²) in [7, 11) is -3.66. The molecule has 160 valence electrons. The van der Waals surface area contributed by atoms with Crippen LogP contribution in [0.25, 0.3) is 0 Å². The Morgan fingerprint density at radius 3 is 2.52 bits per heavy atom. The summed E-state index contributed by atoms with van der Waals surface area (Å²) in [5, 5.41) is 11.2. The van der Waals surface area contributed by atoms with Gasteiger partial charge in [0.15, 0.2) is 0 Å². The maximum absolute atomic E-state index is 12.2. The van der Waals surface area contributed by atoms with Crippen molar-refractivity contribution in [3.63, 3.8) is 0 Å². The number of rotatable bonds is 8. The molecule has 0 radical (unpaired) electrons. The molecule has 2 N–H and O–H groups in total. The molecule has 0 saturated carbocycles. The minimum absolute atomic E-state index is 0.0580. The van der Waals surface area contributed by atoms with E-state index >= 15 is 0 Å². The van der Waals surface area contributed by atoms with E-state index in [9.17, 15) is 13.5 Å². The fourth-order valence-corrected chi connectivity index (χ4v) is 5.92. The van der Waals surface area contributed by atoms with Gasteiger partial charge in [-0.25, -0.2) is 13.1 Å². The molecule has 1 aromatic heterocycles. The summed E-state index contributed by atoms with van der Waals surface area (Å²) in [6.45, 7) is 1.82. The van der Waals surface area contributed by atoms with Gasteiger partial charge >= 0.3 is 0 Å². The summed E-state index contributed by atoms with van der Waals surface area (Å²) >= 11 is 18.7. The summed E-state index contributed by atoms with van der Waals surface area (Å²) < 4.78 is 33.3. The third-order valence-electron chi connectivity index (χ3n) is 4.52. The summed E-state index contributed by atoms with van der Waals surface area (Å²) in [5.41, 5.74) is 0. The van der Waals surface area contributed by atoms with E-state index in [2.05, 4.69) is 9.62 Å². The number of nitrogens with one attached hydrogen (secondary N) is 1. The second kappa shape index (κ2) is 10.2. The Morgan fingerprint density at radius 1 is 1.17 bits per heavy atom. The van der Waals surface area contributed by atoms with Gasteiger partial charge in [0.2, 0.25) is 10.0 Å². The van der Waals surface area contributed by atoms with E-state index in [-0.39, 0.29) is 16.9 Å². The fraction of sp³-hybridized carbons (Fsp3) is 0.444. The van der Waals surface area contributed by atoms with Crippen LogP contribution in [0.2, 0.25) is 14.4 Å². The quantitative estimate of drug-likeness (QED) is 0.576. The number of nitrogens with zero attached hydrogens (tertiary/aromatic N) is 1. The highest BCUT2D eigenvalue weighted by Gasteiger charge is 2.24. The average molecular weight is 500 g/mol. The molecule has 29 heavy (non-hydrogen) atoms. The van der Waals surface area contributed by atoms with Crippen LogP contribution in [0.5, 0.6) is 5.75 Å². The first-order chi connectivity index (χ1) is 13.7. The lowest BCUT2D eigenvalue weighted by Gasteiger charge is -2.33. The SMILES string of the molecule is O=S(=O)(NC[C@@H](O)CN1CCC(Oc2ccc(Cl)c(Cl)c2)CC1)c1ccc(Cl)s1. The van der Waals surface area contributed by atoms with Crippen LogP contribution in [0.1, 0.15) is 12.8 Å². The van der Waals surface area contributed by atoms with Crippen molar-refractivity contribution >= 4 is 56.2 Å². The molecular weight excluding hydrogens is 479 g/mol. The van der Waals surface area contributed by atoms with E-state index in [1.165, 1.54) is 12.1 Å². The smallest absolute Gasteiger partial charge is 0.250 e. The maximum atomic E-state index is 12.2. The van der Waals surface area contributed by atoms with Crippen molar-refractivity contribution in [3.05, 3.63) is 44.7 Å². The number of aliphatic hydroxyl groups excluding tert-OH is 1. The predicted molar refractivity (Wildman–Crippen MR) is 117 cm³/mol. The summed E-state index contributed by atoms with van der Waals surface area (Å²) in [6, 6.07) is 8.17. The van der Waals surface area contributed by atoms with Crippen LogP contribution in [0, 0.1) is 0 Å². The third-order valence-corrected chi connectivity index (χ3v) is 8.41. The predicted octanol–water partition coefficient (Wildman–Crippen LogP) is 3.89. The molecule has 6 nitrogen and oxygen atoms in total. The van der Waals surface area contributed by atoms with Crippen molar-refractivity contribution in [2.24, 2.45) is 0 Å². The van der Waals surface area contributed by atoms with Gasteiger partial charge in [0.1, 0.15) is 16.1 Å². The maximum Gasteiger partial charge on any atom is 0.250 e. The van der Waals surface area contributed by atoms with Crippen LogP contribution in [0.3, 0.4) is 0 Å². The van der Waals surface area contributed by atoms with E-state index in [1.807, 2.05) is 0 Å². The van der Waals surface area contributed by atoms with Crippen LogP contribution >= 0.6 is 46.1 Å². The normalized spacial score (nSPS) is 17.4. The lowest BCUT2D eigenvalue weighted by atomic mass is 10.1. The van der Waals surface area contributed by atoms with Gasteiger partial charge in [-0.3, -0.25) is 0 Å². The highest BCUT2D eigenvalue weighted by molar-refractivity contribution is 7.91. The van der Waals surface area contributed by atoms with E-state index in [1.54, 1.807) is 18.2 Å². The summed E-state index contributed by atoms with van der Waals surface area (Å²) in [6.07, 6.45) is 0.842. The largest absolute Gasteiger partial charge is 0.490 e. The number of sulfonamides is 1. The second-order valence-corrected chi connectivity index (χ2v) is 11.3. The van der Waals surface area contributed by atoms with Crippen molar-refractivity contribution < 1.29 is 18.3 Å². The topological polar surface area (TPSA) is 78.9 Å². The first-order valence-electron chi connectivity index (χ1n) is 9.00. The molecule has 2 heterocycles. The van der Waals surface area contributed by atoms with Crippen LogP contribution < -0.4 is 9.46 Å². The van der Waals surface area contributed by atoms with Crippen LogP contribution in [0.4, 0.5) is 0 Å². The Morgan fingerprint density at radius 2 is 1.90 bits per heavy atom. The zero-order valence-electron chi connectivity index (χ0n) is 15.4. The van der Waals surface area contributed by atoms with Gasteiger partial charge in [-0.2, -0.15) is 0 Å². The van der Waals surface area contributed by atoms with E-state index in [4.69, 9.17) is 39.5 Å². The second-order valence-electron chi connectivity index (χ2n) is 6.76. The van der Waals surface area contributed by atoms with E-state index in [0.717, 1.165) is 37.3 Å². The number of aliphatic hydroxyl groups is 1. The summed E-state index contributed by atoms with van der Waals surface area (Å²) in [4.78, 5) is 2.09. The molecule has 1 aliphatic rings. The number of hydrogen-bond acceptors (Lipinski definition) is 6. The standard InChI is InChI=1S/C18H21Cl3N2O4S2/c19-15-2-1-14(9-16(15)20)27-13-5-7-23(8-6-13)11-12(24)10-22-29(25,26)18-4-3-17(21)28-18/h1-4,9,12-13,22,24H,5-8,10-11H2/t12-/m1/s1. The fourth-order valence-electron chi connectivity index (χ4n) is 3.03. The number of likely N-dealkylation sites (tertiary alicyclic amines) is 1. The molecule has 1 aromatic carbocycles. The van der Waals surface area contributed by atoms with Crippen LogP contribution in [-0.4, -0.2) is 56.8 Å². The number of β-amino-alcohol motifs (C(OH)–C–C–N with tert-alkyl or cyclic N) is 1. The Bertz CT molecular complexity index is 931. The van der Waals surface area contributed by atoms with Gasteiger partial charge in [-0.05, 0) is 37.1 Å². The van der Waals surface area contributed by atoms with Gasteiger partial charge in [0, 0.05) is 32.2 Å². The number of ether oxygens (including phenoxy) is 1. The molecule has 0 amide bonds. The molecule has 0 bridgehead atoms. The molecule has 0 unspecified atom stereocenters. The van der Waals surface area contributed by atoms with Gasteiger partial charge < -0.3 is 14.7 Å². The molecule has 0 spiro atoms. The van der Waals surface area contributed by atoms with Gasteiger partial charge in [0.05, 0.1) is 20.5 Å². The molecular formula is C18H21Cl3N2O4S2. The van der Waals surface area contributed by atoms with E-state index in [0.29, 0.717) is 26.7 Å². The zero-order chi connectivity index (χ0) is 21.0. The molecule has 1 saturated heterocycles. The van der Waals surface area contributed by atoms with Crippen LogP contribution in [-0.2, 0) is 10.0 Å². The molecule has 1 fully saturated rings.